The Morgan fingerprint density at radius 1 is 1.12 bits per heavy atom. The van der Waals surface area contributed by atoms with Crippen LogP contribution in [0, 0.1) is 20.8 Å². The van der Waals surface area contributed by atoms with Gasteiger partial charge >= 0.3 is 0 Å². The Bertz CT molecular complexity index is 1290. The van der Waals surface area contributed by atoms with Crippen LogP contribution < -0.4 is 9.46 Å². The molecule has 1 N–H and O–H groups in total. The number of furan rings is 1. The number of aryl methyl sites for hydroxylation is 2. The van der Waals surface area contributed by atoms with Crippen LogP contribution in [-0.2, 0) is 16.6 Å². The van der Waals surface area contributed by atoms with E-state index in [-0.39, 0.29) is 28.7 Å². The van der Waals surface area contributed by atoms with Crippen molar-refractivity contribution in [2.75, 3.05) is 20.2 Å². The molecule has 1 aromatic heterocycles. The van der Waals surface area contributed by atoms with Crippen molar-refractivity contribution < 1.29 is 22.4 Å². The van der Waals surface area contributed by atoms with Gasteiger partial charge < -0.3 is 14.1 Å². The van der Waals surface area contributed by atoms with Gasteiger partial charge in [-0.1, -0.05) is 18.2 Å². The lowest BCUT2D eigenvalue weighted by atomic mass is 10.0. The minimum atomic E-state index is -3.94. The fraction of sp³-hybridized carbons (Fsp3) is 0.375. The summed E-state index contributed by atoms with van der Waals surface area (Å²) < 4.78 is 40.9. The lowest BCUT2D eigenvalue weighted by Gasteiger charge is -2.14. The molecule has 0 saturated carbocycles. The maximum Gasteiger partial charge on any atom is 0.289 e. The Balaban J connectivity index is 1.77. The minimum Gasteiger partial charge on any atom is -0.496 e. The summed E-state index contributed by atoms with van der Waals surface area (Å²) in [7, 11) is -2.39. The number of amides is 1. The van der Waals surface area contributed by atoms with Crippen LogP contribution in [0.15, 0.2) is 39.6 Å². The second-order valence-electron chi connectivity index (χ2n) is 8.22. The molecule has 1 aliphatic heterocycles. The van der Waals surface area contributed by atoms with Gasteiger partial charge in [0.25, 0.3) is 5.91 Å². The third-order valence-corrected chi connectivity index (χ3v) is 7.75. The molecule has 4 rings (SSSR count). The van der Waals surface area contributed by atoms with Gasteiger partial charge in [-0.15, -0.1) is 0 Å². The van der Waals surface area contributed by atoms with E-state index in [4.69, 9.17) is 9.15 Å². The van der Waals surface area contributed by atoms with Gasteiger partial charge in [-0.25, -0.2) is 13.1 Å². The molecule has 1 saturated heterocycles. The van der Waals surface area contributed by atoms with Crippen LogP contribution in [0.25, 0.3) is 11.0 Å². The molecular weight excluding hydrogens is 428 g/mol. The maximum absolute atomic E-state index is 13.4. The number of hydrogen-bond donors (Lipinski definition) is 1. The SMILES string of the molecule is COc1ccccc1CNS(=O)(=O)c1c(C)c(C)cc2c(C)c(C(=O)N3CCCC3)oc12. The van der Waals surface area contributed by atoms with Crippen LogP contribution in [0.4, 0.5) is 0 Å². The minimum absolute atomic E-state index is 0.0699. The van der Waals surface area contributed by atoms with Gasteiger partial charge in [0.05, 0.1) is 7.11 Å². The zero-order valence-electron chi connectivity index (χ0n) is 18.8. The summed E-state index contributed by atoms with van der Waals surface area (Å²) >= 11 is 0. The van der Waals surface area contributed by atoms with Crippen LogP contribution in [0.5, 0.6) is 5.75 Å². The topological polar surface area (TPSA) is 88.8 Å². The molecule has 2 heterocycles. The number of para-hydroxylation sites is 1. The average molecular weight is 457 g/mol. The normalized spacial score (nSPS) is 14.3. The van der Waals surface area contributed by atoms with Crippen molar-refractivity contribution in [1.82, 2.24) is 9.62 Å². The molecule has 7 nitrogen and oxygen atoms in total. The molecule has 2 aromatic carbocycles. The van der Waals surface area contributed by atoms with E-state index in [0.29, 0.717) is 35.4 Å². The highest BCUT2D eigenvalue weighted by Crippen LogP contribution is 2.35. The highest BCUT2D eigenvalue weighted by atomic mass is 32.2. The smallest absolute Gasteiger partial charge is 0.289 e. The number of ether oxygens (including phenoxy) is 1. The molecule has 32 heavy (non-hydrogen) atoms. The van der Waals surface area contributed by atoms with Gasteiger partial charge in [0.1, 0.15) is 10.6 Å². The number of methoxy groups -OCH3 is 1. The van der Waals surface area contributed by atoms with Crippen molar-refractivity contribution in [3.63, 3.8) is 0 Å². The maximum atomic E-state index is 13.4. The molecule has 3 aromatic rings. The number of fused-ring (bicyclic) bond motifs is 1. The second-order valence-corrected chi connectivity index (χ2v) is 9.92. The van der Waals surface area contributed by atoms with Crippen LogP contribution in [0.2, 0.25) is 0 Å². The zero-order chi connectivity index (χ0) is 23.0. The van der Waals surface area contributed by atoms with Crippen LogP contribution in [0.1, 0.15) is 45.7 Å². The van der Waals surface area contributed by atoms with E-state index in [0.717, 1.165) is 24.0 Å². The van der Waals surface area contributed by atoms with Crippen LogP contribution >= 0.6 is 0 Å². The summed E-state index contributed by atoms with van der Waals surface area (Å²) in [6.45, 7) is 6.88. The van der Waals surface area contributed by atoms with Gasteiger partial charge in [0.15, 0.2) is 11.3 Å². The summed E-state index contributed by atoms with van der Waals surface area (Å²) in [4.78, 5) is 14.8. The predicted octanol–water partition coefficient (Wildman–Crippen LogP) is 4.08. The summed E-state index contributed by atoms with van der Waals surface area (Å²) in [5.41, 5.74) is 3.03. The number of benzene rings is 2. The monoisotopic (exact) mass is 456 g/mol. The van der Waals surface area contributed by atoms with Crippen molar-refractivity contribution in [3.8, 4) is 5.75 Å². The number of nitrogens with one attached hydrogen (secondary N) is 1. The molecule has 170 valence electrons. The Morgan fingerprint density at radius 2 is 1.81 bits per heavy atom. The fourth-order valence-electron chi connectivity index (χ4n) is 4.23. The van der Waals surface area contributed by atoms with Crippen LogP contribution in [0.3, 0.4) is 0 Å². The summed E-state index contributed by atoms with van der Waals surface area (Å²) in [5, 5.41) is 0.647. The number of likely N-dealkylation sites (tertiary alicyclic amines) is 1. The lowest BCUT2D eigenvalue weighted by molar-refractivity contribution is 0.0762. The molecule has 1 fully saturated rings. The fourth-order valence-corrected chi connectivity index (χ4v) is 5.68. The number of hydrogen-bond acceptors (Lipinski definition) is 5. The highest BCUT2D eigenvalue weighted by Gasteiger charge is 2.30. The van der Waals surface area contributed by atoms with E-state index in [1.54, 1.807) is 25.0 Å². The predicted molar refractivity (Wildman–Crippen MR) is 123 cm³/mol. The van der Waals surface area contributed by atoms with Crippen LogP contribution in [-0.4, -0.2) is 39.4 Å². The van der Waals surface area contributed by atoms with Gasteiger partial charge in [0, 0.05) is 36.1 Å². The lowest BCUT2D eigenvalue weighted by Crippen LogP contribution is -2.27. The first-order valence-corrected chi connectivity index (χ1v) is 12.2. The average Bonchev–Trinajstić information content (AvgIpc) is 3.42. The van der Waals surface area contributed by atoms with E-state index in [1.807, 2.05) is 38.1 Å². The number of nitrogens with zero attached hydrogens (tertiary/aromatic N) is 1. The molecule has 8 heteroatoms. The first-order chi connectivity index (χ1) is 15.2. The molecule has 0 bridgehead atoms. The molecule has 1 amide bonds. The molecular formula is C24H28N2O5S. The van der Waals surface area contributed by atoms with E-state index in [2.05, 4.69) is 4.72 Å². The van der Waals surface area contributed by atoms with Gasteiger partial charge in [-0.2, -0.15) is 0 Å². The number of rotatable bonds is 6. The van der Waals surface area contributed by atoms with Crippen molar-refractivity contribution in [3.05, 3.63) is 58.3 Å². The molecule has 0 aliphatic carbocycles. The van der Waals surface area contributed by atoms with Gasteiger partial charge in [0.2, 0.25) is 10.0 Å². The Kier molecular flexibility index (Phi) is 6.01. The summed E-state index contributed by atoms with van der Waals surface area (Å²) in [5.74, 6) is 0.638. The van der Waals surface area contributed by atoms with Crippen molar-refractivity contribution in [2.45, 2.75) is 45.1 Å². The number of carbonyl (C=O) groups excluding carboxylic acids is 1. The molecule has 1 aliphatic rings. The first kappa shape index (κ1) is 22.4. The first-order valence-electron chi connectivity index (χ1n) is 10.7. The van der Waals surface area contributed by atoms with Gasteiger partial charge in [-0.05, 0) is 56.9 Å². The molecule has 0 spiro atoms. The number of sulfonamides is 1. The largest absolute Gasteiger partial charge is 0.496 e. The van der Waals surface area contributed by atoms with E-state index >= 15 is 0 Å². The van der Waals surface area contributed by atoms with Crippen molar-refractivity contribution in [2.24, 2.45) is 0 Å². The quantitative estimate of drug-likeness (QED) is 0.604. The van der Waals surface area contributed by atoms with E-state index in [1.165, 1.54) is 0 Å². The Morgan fingerprint density at radius 3 is 2.50 bits per heavy atom. The Labute approximate surface area is 188 Å². The summed E-state index contributed by atoms with van der Waals surface area (Å²) in [6.07, 6.45) is 1.94. The summed E-state index contributed by atoms with van der Waals surface area (Å²) in [6, 6.07) is 9.14. The molecule has 0 radical (unpaired) electrons. The molecule has 0 atom stereocenters. The Hall–Kier alpha value is -2.84. The number of carbonyl (C=O) groups is 1. The van der Waals surface area contributed by atoms with Crippen molar-refractivity contribution >= 4 is 26.9 Å². The third kappa shape index (κ3) is 3.89. The van der Waals surface area contributed by atoms with Crippen molar-refractivity contribution in [1.29, 1.82) is 0 Å². The van der Waals surface area contributed by atoms with E-state index < -0.39 is 10.0 Å². The van der Waals surface area contributed by atoms with Gasteiger partial charge in [-0.3, -0.25) is 4.79 Å². The second kappa shape index (κ2) is 8.60. The van der Waals surface area contributed by atoms with E-state index in [9.17, 15) is 13.2 Å². The third-order valence-electron chi connectivity index (χ3n) is 6.19. The zero-order valence-corrected chi connectivity index (χ0v) is 19.6. The molecule has 0 unspecified atom stereocenters. The standard InChI is InChI=1S/C24H28N2O5S/c1-15-13-19-17(3)21(24(27)26-11-7-8-12-26)31-22(19)23(16(15)2)32(28,29)25-14-18-9-5-6-10-20(18)30-4/h5-6,9-10,13,25H,7-8,11-12,14H2,1-4H3. The highest BCUT2D eigenvalue weighted by molar-refractivity contribution is 7.89.